The van der Waals surface area contributed by atoms with E-state index >= 15 is 0 Å². The Morgan fingerprint density at radius 3 is 2.39 bits per heavy atom. The third kappa shape index (κ3) is 5.95. The molecule has 1 N–H and O–H groups in total. The molecule has 28 heavy (non-hydrogen) atoms. The highest BCUT2D eigenvalue weighted by molar-refractivity contribution is 9.10. The van der Waals surface area contributed by atoms with Gasteiger partial charge in [-0.2, -0.15) is 13.2 Å². The van der Waals surface area contributed by atoms with Gasteiger partial charge in [0, 0.05) is 17.1 Å². The largest absolute Gasteiger partial charge is 0.418 e. The highest BCUT2D eigenvalue weighted by Crippen LogP contribution is 2.34. The molecule has 0 radical (unpaired) electrons. The molecule has 0 fully saturated rings. The van der Waals surface area contributed by atoms with Crippen molar-refractivity contribution in [2.24, 2.45) is 0 Å². The summed E-state index contributed by atoms with van der Waals surface area (Å²) in [6, 6.07) is 12.0. The van der Waals surface area contributed by atoms with Crippen LogP contribution in [0.25, 0.3) is 6.08 Å². The monoisotopic (exact) mass is 454 g/mol. The Morgan fingerprint density at radius 1 is 1.11 bits per heavy atom. The predicted octanol–water partition coefficient (Wildman–Crippen LogP) is 4.97. The number of rotatable bonds is 6. The summed E-state index contributed by atoms with van der Waals surface area (Å²) in [5, 5.41) is 2.24. The molecule has 0 saturated carbocycles. The van der Waals surface area contributed by atoms with E-state index in [0.29, 0.717) is 0 Å². The molecule has 0 aliphatic rings. The van der Waals surface area contributed by atoms with Crippen molar-refractivity contribution in [2.45, 2.75) is 13.1 Å². The molecule has 0 heterocycles. The summed E-state index contributed by atoms with van der Waals surface area (Å²) in [5.74, 6) is -1.13. The summed E-state index contributed by atoms with van der Waals surface area (Å²) in [7, 11) is 0. The first-order chi connectivity index (χ1) is 13.2. The van der Waals surface area contributed by atoms with Crippen molar-refractivity contribution >= 4 is 39.5 Å². The van der Waals surface area contributed by atoms with Crippen LogP contribution in [0.4, 0.5) is 18.9 Å². The number of carbonyl (C=O) groups is 2. The third-order valence-corrected chi connectivity index (χ3v) is 4.57. The van der Waals surface area contributed by atoms with Gasteiger partial charge in [-0.15, -0.1) is 0 Å². The number of alkyl halides is 3. The second kappa shape index (κ2) is 9.54. The van der Waals surface area contributed by atoms with Gasteiger partial charge in [-0.05, 0) is 36.8 Å². The fourth-order valence-electron chi connectivity index (χ4n) is 2.42. The van der Waals surface area contributed by atoms with Crippen LogP contribution in [0.15, 0.2) is 59.1 Å². The highest BCUT2D eigenvalue weighted by atomic mass is 79.9. The van der Waals surface area contributed by atoms with Gasteiger partial charge in [-0.1, -0.05) is 46.3 Å². The van der Waals surface area contributed by atoms with E-state index in [4.69, 9.17) is 0 Å². The van der Waals surface area contributed by atoms with Crippen molar-refractivity contribution in [3.8, 4) is 0 Å². The number of benzene rings is 2. The summed E-state index contributed by atoms with van der Waals surface area (Å²) in [4.78, 5) is 25.8. The average molecular weight is 455 g/mol. The van der Waals surface area contributed by atoms with Crippen LogP contribution in [-0.4, -0.2) is 29.8 Å². The first-order valence-corrected chi connectivity index (χ1v) is 9.19. The predicted molar refractivity (Wildman–Crippen MR) is 106 cm³/mol. The van der Waals surface area contributed by atoms with Crippen molar-refractivity contribution in [1.29, 1.82) is 0 Å². The molecule has 0 atom stereocenters. The van der Waals surface area contributed by atoms with Gasteiger partial charge in [0.1, 0.15) is 6.54 Å². The van der Waals surface area contributed by atoms with Crippen LogP contribution in [0.1, 0.15) is 18.1 Å². The van der Waals surface area contributed by atoms with Gasteiger partial charge < -0.3 is 10.2 Å². The van der Waals surface area contributed by atoms with Crippen molar-refractivity contribution in [1.82, 2.24) is 4.90 Å². The molecule has 0 aromatic heterocycles. The third-order valence-electron chi connectivity index (χ3n) is 3.85. The van der Waals surface area contributed by atoms with E-state index in [1.807, 2.05) is 24.3 Å². The number of likely N-dealkylation sites (N-methyl/N-ethyl adjacent to an activating group) is 1. The lowest BCUT2D eigenvalue weighted by atomic mass is 10.1. The van der Waals surface area contributed by atoms with E-state index in [2.05, 4.69) is 21.2 Å². The lowest BCUT2D eigenvalue weighted by Gasteiger charge is -2.19. The average Bonchev–Trinajstić information content (AvgIpc) is 2.64. The minimum atomic E-state index is -4.59. The fourth-order valence-corrected chi connectivity index (χ4v) is 2.84. The van der Waals surface area contributed by atoms with E-state index in [9.17, 15) is 22.8 Å². The first-order valence-electron chi connectivity index (χ1n) is 8.40. The Labute approximate surface area is 169 Å². The normalized spacial score (nSPS) is 11.5. The molecule has 0 aliphatic heterocycles. The standard InChI is InChI=1S/C20H18BrF3N2O2/c1-2-26(19(28)12-11-14-7-3-5-9-16(14)21)13-18(27)25-17-10-6-4-8-15(17)20(22,23)24/h3-12H,2,13H2,1H3,(H,25,27)/b12-11+. The van der Waals surface area contributed by atoms with Gasteiger partial charge in [0.15, 0.2) is 0 Å². The molecule has 2 rings (SSSR count). The maximum Gasteiger partial charge on any atom is 0.418 e. The number of hydrogen-bond acceptors (Lipinski definition) is 2. The van der Waals surface area contributed by atoms with Crippen molar-refractivity contribution < 1.29 is 22.8 Å². The van der Waals surface area contributed by atoms with E-state index in [1.54, 1.807) is 13.0 Å². The van der Waals surface area contributed by atoms with Crippen LogP contribution in [0.3, 0.4) is 0 Å². The topological polar surface area (TPSA) is 49.4 Å². The van der Waals surface area contributed by atoms with Gasteiger partial charge in [-0.3, -0.25) is 9.59 Å². The van der Waals surface area contributed by atoms with Crippen LogP contribution in [0.5, 0.6) is 0 Å². The maximum atomic E-state index is 13.0. The van der Waals surface area contributed by atoms with Crippen molar-refractivity contribution in [2.75, 3.05) is 18.4 Å². The highest BCUT2D eigenvalue weighted by Gasteiger charge is 2.33. The SMILES string of the molecule is CCN(CC(=O)Nc1ccccc1C(F)(F)F)C(=O)/C=C/c1ccccc1Br. The van der Waals surface area contributed by atoms with Crippen molar-refractivity contribution in [3.05, 3.63) is 70.2 Å². The van der Waals surface area contributed by atoms with Crippen molar-refractivity contribution in [3.63, 3.8) is 0 Å². The molecule has 2 aromatic carbocycles. The molecule has 2 aromatic rings. The lowest BCUT2D eigenvalue weighted by Crippen LogP contribution is -2.37. The fraction of sp³-hybridized carbons (Fsp3) is 0.200. The molecular formula is C20H18BrF3N2O2. The zero-order valence-electron chi connectivity index (χ0n) is 15.0. The smallest absolute Gasteiger partial charge is 0.330 e. The van der Waals surface area contributed by atoms with Crippen LogP contribution in [0.2, 0.25) is 0 Å². The number of amides is 2. The molecule has 0 saturated heterocycles. The van der Waals surface area contributed by atoms with Gasteiger partial charge in [-0.25, -0.2) is 0 Å². The Morgan fingerprint density at radius 2 is 1.75 bits per heavy atom. The number of nitrogens with zero attached hydrogens (tertiary/aromatic N) is 1. The van der Waals surface area contributed by atoms with Gasteiger partial charge in [0.05, 0.1) is 11.3 Å². The molecule has 0 spiro atoms. The molecule has 0 unspecified atom stereocenters. The summed E-state index contributed by atoms with van der Waals surface area (Å²) in [5.41, 5.74) is -0.491. The minimum Gasteiger partial charge on any atom is -0.330 e. The molecule has 4 nitrogen and oxygen atoms in total. The first kappa shape index (κ1) is 21.7. The summed E-state index contributed by atoms with van der Waals surface area (Å²) in [6.45, 7) is 1.55. The summed E-state index contributed by atoms with van der Waals surface area (Å²) >= 11 is 3.37. The van der Waals surface area contributed by atoms with Gasteiger partial charge >= 0.3 is 6.18 Å². The maximum absolute atomic E-state index is 13.0. The number of carbonyl (C=O) groups excluding carboxylic acids is 2. The number of hydrogen-bond donors (Lipinski definition) is 1. The number of halogens is 4. The summed E-state index contributed by atoms with van der Waals surface area (Å²) in [6.07, 6.45) is -1.66. The quantitative estimate of drug-likeness (QED) is 0.626. The molecule has 148 valence electrons. The second-order valence-electron chi connectivity index (χ2n) is 5.80. The van der Waals surface area contributed by atoms with Crippen LogP contribution in [-0.2, 0) is 15.8 Å². The van der Waals surface area contributed by atoms with E-state index in [0.717, 1.165) is 16.1 Å². The van der Waals surface area contributed by atoms with Crippen LogP contribution in [0, 0.1) is 0 Å². The Balaban J connectivity index is 2.06. The van der Waals surface area contributed by atoms with Gasteiger partial charge in [0.25, 0.3) is 0 Å². The zero-order valence-corrected chi connectivity index (χ0v) is 16.5. The Hall–Kier alpha value is -2.61. The number of anilines is 1. The van der Waals surface area contributed by atoms with E-state index in [-0.39, 0.29) is 18.8 Å². The molecule has 0 aliphatic carbocycles. The Bertz CT molecular complexity index is 882. The number of para-hydroxylation sites is 1. The van der Waals surface area contributed by atoms with Gasteiger partial charge in [0.2, 0.25) is 11.8 Å². The van der Waals surface area contributed by atoms with Crippen LogP contribution < -0.4 is 5.32 Å². The zero-order chi connectivity index (χ0) is 20.7. The number of nitrogens with one attached hydrogen (secondary N) is 1. The molecular weight excluding hydrogens is 437 g/mol. The lowest BCUT2D eigenvalue weighted by molar-refractivity contribution is -0.137. The van der Waals surface area contributed by atoms with E-state index < -0.39 is 23.6 Å². The molecule has 2 amide bonds. The minimum absolute atomic E-state index is 0.230. The summed E-state index contributed by atoms with van der Waals surface area (Å²) < 4.78 is 39.9. The Kier molecular flexibility index (Phi) is 7.39. The second-order valence-corrected chi connectivity index (χ2v) is 6.65. The van der Waals surface area contributed by atoms with E-state index in [1.165, 1.54) is 29.2 Å². The molecule has 8 heteroatoms. The molecule has 0 bridgehead atoms. The van der Waals surface area contributed by atoms with Crippen LogP contribution >= 0.6 is 15.9 Å².